The van der Waals surface area contributed by atoms with E-state index in [1.165, 1.54) is 21.5 Å². The van der Waals surface area contributed by atoms with E-state index in [0.717, 1.165) is 0 Å². The maximum atomic E-state index is 4.17. The Bertz CT molecular complexity index is 636. The molecule has 0 bridgehead atoms. The molecule has 114 valence electrons. The summed E-state index contributed by atoms with van der Waals surface area (Å²) < 4.78 is 2.38. The van der Waals surface area contributed by atoms with E-state index in [0.29, 0.717) is 6.04 Å². The molecule has 2 heterocycles. The van der Waals surface area contributed by atoms with Gasteiger partial charge in [-0.2, -0.15) is 0 Å². The van der Waals surface area contributed by atoms with Crippen LogP contribution in [0.5, 0.6) is 0 Å². The Morgan fingerprint density at radius 2 is 1.71 bits per heavy atom. The van der Waals surface area contributed by atoms with Gasteiger partial charge in [0.25, 0.3) is 0 Å². The van der Waals surface area contributed by atoms with E-state index < -0.39 is 0 Å². The van der Waals surface area contributed by atoms with Gasteiger partial charge >= 0.3 is 0 Å². The average Bonchev–Trinajstić information content (AvgIpc) is 3.18. The molecule has 0 saturated carbocycles. The van der Waals surface area contributed by atoms with Crippen LogP contribution in [0, 0.1) is 0 Å². The number of hydrogen-bond acceptors (Lipinski definition) is 2. The molecular weight excluding hydrogens is 276 g/mol. The number of hydrogen-bond donors (Lipinski definition) is 0. The number of benzene rings is 1. The van der Waals surface area contributed by atoms with Gasteiger partial charge in [0.15, 0.2) is 0 Å². The molecule has 0 aliphatic heterocycles. The van der Waals surface area contributed by atoms with Gasteiger partial charge in [-0.05, 0) is 26.0 Å². The number of thiazole rings is 1. The van der Waals surface area contributed by atoms with Gasteiger partial charge < -0.3 is 4.57 Å². The van der Waals surface area contributed by atoms with Crippen molar-refractivity contribution in [3.05, 3.63) is 42.0 Å². The highest BCUT2D eigenvalue weighted by molar-refractivity contribution is 7.13. The van der Waals surface area contributed by atoms with Crippen LogP contribution in [0.3, 0.4) is 0 Å². The minimum Gasteiger partial charge on any atom is -0.337 e. The molecule has 21 heavy (non-hydrogen) atoms. The number of aromatic nitrogens is 2. The lowest BCUT2D eigenvalue weighted by molar-refractivity contribution is 0.629. The minimum absolute atomic E-state index is 0.451. The van der Waals surface area contributed by atoms with Crippen molar-refractivity contribution in [3.63, 3.8) is 0 Å². The van der Waals surface area contributed by atoms with E-state index in [-0.39, 0.29) is 0 Å². The molecule has 0 saturated heterocycles. The molecule has 0 amide bonds. The fraction of sp³-hybridized carbons (Fsp3) is 0.389. The molecule has 0 radical (unpaired) electrons. The molecular formula is C18H26N2S. The van der Waals surface area contributed by atoms with E-state index in [2.05, 4.69) is 53.7 Å². The summed E-state index contributed by atoms with van der Waals surface area (Å²) in [5, 5.41) is 1.30. The van der Waals surface area contributed by atoms with Crippen LogP contribution in [0.4, 0.5) is 0 Å². The fourth-order valence-corrected chi connectivity index (χ4v) is 2.90. The van der Waals surface area contributed by atoms with Crippen molar-refractivity contribution >= 4 is 22.2 Å². The molecule has 0 spiro atoms. The Morgan fingerprint density at radius 3 is 2.29 bits per heavy atom. The van der Waals surface area contributed by atoms with Crippen molar-refractivity contribution in [1.29, 1.82) is 0 Å². The topological polar surface area (TPSA) is 17.8 Å². The minimum atomic E-state index is 0.451. The van der Waals surface area contributed by atoms with Crippen LogP contribution in [0.1, 0.15) is 47.6 Å². The van der Waals surface area contributed by atoms with Crippen LogP contribution in [-0.2, 0) is 0 Å². The number of rotatable bonds is 2. The second-order valence-corrected chi connectivity index (χ2v) is 5.30. The Morgan fingerprint density at radius 1 is 1.05 bits per heavy atom. The molecule has 0 aliphatic rings. The van der Waals surface area contributed by atoms with Gasteiger partial charge in [0.2, 0.25) is 0 Å². The quantitative estimate of drug-likeness (QED) is 0.535. The van der Waals surface area contributed by atoms with Gasteiger partial charge in [0.1, 0.15) is 0 Å². The van der Waals surface area contributed by atoms with Crippen LogP contribution in [0.2, 0.25) is 0 Å². The highest BCUT2D eigenvalue weighted by Crippen LogP contribution is 2.32. The van der Waals surface area contributed by atoms with Crippen molar-refractivity contribution in [1.82, 2.24) is 9.55 Å². The van der Waals surface area contributed by atoms with Crippen molar-refractivity contribution in [2.45, 2.75) is 47.6 Å². The molecule has 0 unspecified atom stereocenters. The molecule has 1 aromatic carbocycles. The maximum Gasteiger partial charge on any atom is 0.0798 e. The smallest absolute Gasteiger partial charge is 0.0798 e. The average molecular weight is 302 g/mol. The van der Waals surface area contributed by atoms with Crippen LogP contribution in [0.15, 0.2) is 42.0 Å². The van der Waals surface area contributed by atoms with E-state index in [1.807, 2.05) is 39.4 Å². The van der Waals surface area contributed by atoms with Crippen molar-refractivity contribution in [2.75, 3.05) is 0 Å². The summed E-state index contributed by atoms with van der Waals surface area (Å²) in [6, 6.07) is 11.2. The zero-order chi connectivity index (χ0) is 15.8. The first-order valence-corrected chi connectivity index (χ1v) is 8.64. The Balaban J connectivity index is 0.000000510. The molecule has 2 aromatic heterocycles. The summed E-state index contributed by atoms with van der Waals surface area (Å²) in [5.41, 5.74) is 4.45. The summed E-state index contributed by atoms with van der Waals surface area (Å²) in [5.74, 6) is 0. The monoisotopic (exact) mass is 302 g/mol. The summed E-state index contributed by atoms with van der Waals surface area (Å²) in [4.78, 5) is 5.41. The van der Waals surface area contributed by atoms with Gasteiger partial charge in [-0.25, -0.2) is 0 Å². The van der Waals surface area contributed by atoms with Crippen LogP contribution < -0.4 is 0 Å². The molecule has 0 N–H and O–H groups in total. The number of para-hydroxylation sites is 1. The van der Waals surface area contributed by atoms with E-state index >= 15 is 0 Å². The first kappa shape index (κ1) is 17.4. The first-order valence-electron chi connectivity index (χ1n) is 7.76. The summed E-state index contributed by atoms with van der Waals surface area (Å²) in [7, 11) is 0. The normalized spacial score (nSPS) is 9.86. The first-order chi connectivity index (χ1) is 10.3. The zero-order valence-electron chi connectivity index (χ0n) is 13.9. The van der Waals surface area contributed by atoms with Gasteiger partial charge in [0, 0.05) is 23.1 Å². The predicted octanol–water partition coefficient (Wildman–Crippen LogP) is 6.40. The van der Waals surface area contributed by atoms with Crippen molar-refractivity contribution in [3.8, 4) is 10.6 Å². The van der Waals surface area contributed by atoms with Crippen LogP contribution >= 0.6 is 11.3 Å². The van der Waals surface area contributed by atoms with Crippen molar-refractivity contribution in [2.24, 2.45) is 0 Å². The molecule has 0 aliphatic carbocycles. The summed E-state index contributed by atoms with van der Waals surface area (Å²) in [6.07, 6.45) is 1.94. The van der Waals surface area contributed by atoms with Gasteiger partial charge in [-0.15, -0.1) is 11.3 Å². The molecule has 2 nitrogen and oxygen atoms in total. The molecule has 3 aromatic rings. The summed E-state index contributed by atoms with van der Waals surface area (Å²) >= 11 is 1.69. The molecule has 0 fully saturated rings. The fourth-order valence-electron chi connectivity index (χ4n) is 2.26. The standard InChI is InChI=1S/C14H14N2S.2C2H6/c1-10(2)16-12-6-4-3-5-11(12)7-13(16)14-8-15-9-17-14;2*1-2/h3-10H,1-2H3;2*1-2H3. The van der Waals surface area contributed by atoms with Crippen molar-refractivity contribution < 1.29 is 0 Å². The number of fused-ring (bicyclic) bond motifs is 1. The zero-order valence-corrected chi connectivity index (χ0v) is 14.7. The largest absolute Gasteiger partial charge is 0.337 e. The van der Waals surface area contributed by atoms with Crippen LogP contribution in [0.25, 0.3) is 21.5 Å². The predicted molar refractivity (Wildman–Crippen MR) is 96.1 cm³/mol. The van der Waals surface area contributed by atoms with Gasteiger partial charge in [-0.3, -0.25) is 4.98 Å². The van der Waals surface area contributed by atoms with Crippen LogP contribution in [-0.4, -0.2) is 9.55 Å². The van der Waals surface area contributed by atoms with E-state index in [4.69, 9.17) is 0 Å². The second kappa shape index (κ2) is 8.63. The summed E-state index contributed by atoms with van der Waals surface area (Å²) in [6.45, 7) is 12.4. The van der Waals surface area contributed by atoms with Gasteiger partial charge in [-0.1, -0.05) is 45.9 Å². The lowest BCUT2D eigenvalue weighted by Gasteiger charge is -2.13. The number of nitrogens with zero attached hydrogens (tertiary/aromatic N) is 2. The SMILES string of the molecule is CC.CC.CC(C)n1c(-c2cncs2)cc2ccccc21. The Kier molecular flexibility index (Phi) is 7.17. The third kappa shape index (κ3) is 3.73. The molecule has 3 rings (SSSR count). The highest BCUT2D eigenvalue weighted by Gasteiger charge is 2.13. The highest BCUT2D eigenvalue weighted by atomic mass is 32.1. The van der Waals surface area contributed by atoms with E-state index in [9.17, 15) is 0 Å². The lowest BCUT2D eigenvalue weighted by atomic mass is 10.2. The van der Waals surface area contributed by atoms with E-state index in [1.54, 1.807) is 11.3 Å². The maximum absolute atomic E-state index is 4.17. The second-order valence-electron chi connectivity index (χ2n) is 4.42. The van der Waals surface area contributed by atoms with Gasteiger partial charge in [0.05, 0.1) is 16.1 Å². The third-order valence-electron chi connectivity index (χ3n) is 2.95. The molecule has 0 atom stereocenters. The Labute approximate surface area is 132 Å². The lowest BCUT2D eigenvalue weighted by Crippen LogP contribution is -2.01. The third-order valence-corrected chi connectivity index (χ3v) is 3.74. The Hall–Kier alpha value is -1.61. The molecule has 3 heteroatoms.